The van der Waals surface area contributed by atoms with E-state index >= 15 is 0 Å². The van der Waals surface area contributed by atoms with E-state index in [4.69, 9.17) is 4.74 Å². The summed E-state index contributed by atoms with van der Waals surface area (Å²) in [6.07, 6.45) is 3.28. The highest BCUT2D eigenvalue weighted by molar-refractivity contribution is 5.67. The van der Waals surface area contributed by atoms with Gasteiger partial charge in [0.15, 0.2) is 0 Å². The van der Waals surface area contributed by atoms with Gasteiger partial charge in [-0.15, -0.1) is 0 Å². The minimum Gasteiger partial charge on any atom is -0.481 e. The molecule has 1 aromatic rings. The van der Waals surface area contributed by atoms with Crippen LogP contribution in [0.25, 0.3) is 0 Å². The lowest BCUT2D eigenvalue weighted by Gasteiger charge is -2.61. The van der Waals surface area contributed by atoms with Crippen molar-refractivity contribution >= 4 is 5.97 Å². The Kier molecular flexibility index (Phi) is 5.56. The van der Waals surface area contributed by atoms with E-state index in [1.807, 2.05) is 0 Å². The molecule has 0 unspecified atom stereocenters. The van der Waals surface area contributed by atoms with Crippen LogP contribution in [0.4, 0.5) is 13.2 Å². The van der Waals surface area contributed by atoms with Crippen molar-refractivity contribution in [1.29, 1.82) is 0 Å². The van der Waals surface area contributed by atoms with Crippen LogP contribution in [0.1, 0.15) is 68.4 Å². The second kappa shape index (κ2) is 8.01. The fourth-order valence-electron chi connectivity index (χ4n) is 7.04. The number of hydrogen-bond donors (Lipinski definition) is 1. The number of ether oxygens (including phenoxy) is 1. The van der Waals surface area contributed by atoms with Crippen LogP contribution < -0.4 is 0 Å². The quantitative estimate of drug-likeness (QED) is 0.673. The minimum absolute atomic E-state index is 0.0589. The molecule has 4 fully saturated rings. The third-order valence-electron chi connectivity index (χ3n) is 8.58. The molecule has 4 nitrogen and oxygen atoms in total. The average Bonchev–Trinajstić information content (AvgIpc) is 2.70. The number of carboxylic acid groups (broad SMARTS) is 1. The Morgan fingerprint density at radius 1 is 1.09 bits per heavy atom. The predicted molar refractivity (Wildman–Crippen MR) is 113 cm³/mol. The molecule has 7 heteroatoms. The predicted octanol–water partition coefficient (Wildman–Crippen LogP) is 5.33. The second-order valence-electron chi connectivity index (χ2n) is 11.0. The van der Waals surface area contributed by atoms with Crippen LogP contribution in [0.15, 0.2) is 24.3 Å². The molecule has 5 rings (SSSR count). The third kappa shape index (κ3) is 4.18. The van der Waals surface area contributed by atoms with Crippen molar-refractivity contribution < 1.29 is 27.8 Å². The molecule has 4 aliphatic rings. The standard InChI is InChI=1S/C25H32F3NO3/c26-25(27,28)19-5-3-18(4-6-19)20-10-17(11-22(30)31)2-7-21(20)29-13-23(8-1-9-23)12-24(14-29)15-32-16-24/h3-6,17,20-21H,1-2,7-16H2,(H,30,31)/t17-,20+,21-/m1/s1. The van der Waals surface area contributed by atoms with Gasteiger partial charge in [-0.25, -0.2) is 0 Å². The van der Waals surface area contributed by atoms with Crippen LogP contribution in [0.3, 0.4) is 0 Å². The topological polar surface area (TPSA) is 49.8 Å². The number of piperidine rings is 1. The SMILES string of the molecule is O=C(O)C[C@@H]1CC[C@@H](N2CC3(CCC3)CC3(COC3)C2)[C@H](c2ccc(C(F)(F)F)cc2)C1. The highest BCUT2D eigenvalue weighted by Gasteiger charge is 2.55. The lowest BCUT2D eigenvalue weighted by molar-refractivity contribution is -0.194. The van der Waals surface area contributed by atoms with Gasteiger partial charge >= 0.3 is 12.1 Å². The second-order valence-corrected chi connectivity index (χ2v) is 11.0. The van der Waals surface area contributed by atoms with E-state index in [0.29, 0.717) is 5.41 Å². The van der Waals surface area contributed by atoms with Crippen molar-refractivity contribution in [3.63, 3.8) is 0 Å². The molecule has 1 aromatic carbocycles. The van der Waals surface area contributed by atoms with Crippen molar-refractivity contribution in [2.45, 2.75) is 69.5 Å². The molecule has 0 amide bonds. The summed E-state index contributed by atoms with van der Waals surface area (Å²) in [4.78, 5) is 14.0. The number of carboxylic acids is 1. The van der Waals surface area contributed by atoms with Crippen LogP contribution in [0.5, 0.6) is 0 Å². The summed E-state index contributed by atoms with van der Waals surface area (Å²) < 4.78 is 45.0. The summed E-state index contributed by atoms with van der Waals surface area (Å²) in [5, 5.41) is 9.33. The molecule has 3 atom stereocenters. The Labute approximate surface area is 187 Å². The van der Waals surface area contributed by atoms with Gasteiger partial charge in [0.05, 0.1) is 18.8 Å². The van der Waals surface area contributed by atoms with E-state index in [1.165, 1.54) is 37.8 Å². The molecule has 176 valence electrons. The molecule has 2 saturated carbocycles. The molecule has 2 aliphatic heterocycles. The number of likely N-dealkylation sites (tertiary alicyclic amines) is 1. The van der Waals surface area contributed by atoms with E-state index in [1.54, 1.807) is 12.1 Å². The van der Waals surface area contributed by atoms with E-state index in [9.17, 15) is 23.1 Å². The van der Waals surface area contributed by atoms with Crippen molar-refractivity contribution in [2.75, 3.05) is 26.3 Å². The highest BCUT2D eigenvalue weighted by Crippen LogP contribution is 2.56. The molecular formula is C25H32F3NO3. The number of aliphatic carboxylic acids is 1. The summed E-state index contributed by atoms with van der Waals surface area (Å²) in [5.41, 5.74) is 0.865. The zero-order chi connectivity index (χ0) is 22.6. The monoisotopic (exact) mass is 451 g/mol. The molecule has 1 N–H and O–H groups in total. The van der Waals surface area contributed by atoms with Crippen LogP contribution in [0.2, 0.25) is 0 Å². The van der Waals surface area contributed by atoms with Crippen LogP contribution >= 0.6 is 0 Å². The molecule has 2 aliphatic carbocycles. The van der Waals surface area contributed by atoms with Gasteiger partial charge in [-0.3, -0.25) is 9.69 Å². The van der Waals surface area contributed by atoms with Crippen molar-refractivity contribution in [1.82, 2.24) is 4.90 Å². The van der Waals surface area contributed by atoms with Crippen LogP contribution in [-0.2, 0) is 15.7 Å². The van der Waals surface area contributed by atoms with E-state index < -0.39 is 17.7 Å². The molecule has 0 radical (unpaired) electrons. The number of halogens is 3. The Morgan fingerprint density at radius 2 is 1.78 bits per heavy atom. The van der Waals surface area contributed by atoms with Gasteiger partial charge in [0.25, 0.3) is 0 Å². The van der Waals surface area contributed by atoms with Crippen molar-refractivity contribution in [3.05, 3.63) is 35.4 Å². The molecule has 0 aromatic heterocycles. The fraction of sp³-hybridized carbons (Fsp3) is 0.720. The first-order chi connectivity index (χ1) is 15.2. The van der Waals surface area contributed by atoms with Gasteiger partial charge in [0, 0.05) is 31.0 Å². The molecule has 2 spiro atoms. The molecule has 32 heavy (non-hydrogen) atoms. The highest BCUT2D eigenvalue weighted by atomic mass is 19.4. The van der Waals surface area contributed by atoms with Gasteiger partial charge in [-0.2, -0.15) is 13.2 Å². The van der Waals surface area contributed by atoms with Crippen LogP contribution in [0, 0.1) is 16.7 Å². The first kappa shape index (κ1) is 22.2. The molecule has 2 heterocycles. The van der Waals surface area contributed by atoms with Crippen LogP contribution in [-0.4, -0.2) is 48.3 Å². The maximum Gasteiger partial charge on any atom is 0.416 e. The Hall–Kier alpha value is -1.60. The van der Waals surface area contributed by atoms with E-state index in [2.05, 4.69) is 4.90 Å². The van der Waals surface area contributed by atoms with Crippen molar-refractivity contribution in [3.8, 4) is 0 Å². The Morgan fingerprint density at radius 3 is 2.31 bits per heavy atom. The van der Waals surface area contributed by atoms with E-state index in [0.717, 1.165) is 51.1 Å². The zero-order valence-electron chi connectivity index (χ0n) is 18.4. The van der Waals surface area contributed by atoms with Gasteiger partial charge in [-0.05, 0) is 73.5 Å². The Bertz CT molecular complexity index is 823. The maximum absolute atomic E-state index is 13.1. The maximum atomic E-state index is 13.1. The average molecular weight is 452 g/mol. The van der Waals surface area contributed by atoms with E-state index in [-0.39, 0.29) is 29.7 Å². The molecule has 0 bridgehead atoms. The largest absolute Gasteiger partial charge is 0.481 e. The summed E-state index contributed by atoms with van der Waals surface area (Å²) in [6, 6.07) is 5.84. The third-order valence-corrected chi connectivity index (χ3v) is 8.58. The molecular weight excluding hydrogens is 419 g/mol. The number of nitrogens with zero attached hydrogens (tertiary/aromatic N) is 1. The van der Waals surface area contributed by atoms with Gasteiger partial charge in [0.1, 0.15) is 0 Å². The number of benzene rings is 1. The number of rotatable bonds is 4. The summed E-state index contributed by atoms with van der Waals surface area (Å²) >= 11 is 0. The first-order valence-corrected chi connectivity index (χ1v) is 11.9. The smallest absolute Gasteiger partial charge is 0.416 e. The van der Waals surface area contributed by atoms with Crippen molar-refractivity contribution in [2.24, 2.45) is 16.7 Å². The number of hydrogen-bond acceptors (Lipinski definition) is 3. The first-order valence-electron chi connectivity index (χ1n) is 11.9. The number of carbonyl (C=O) groups is 1. The Balaban J connectivity index is 1.42. The van der Waals surface area contributed by atoms with Gasteiger partial charge in [-0.1, -0.05) is 18.6 Å². The lowest BCUT2D eigenvalue weighted by Crippen LogP contribution is -2.64. The van der Waals surface area contributed by atoms with Gasteiger partial charge < -0.3 is 9.84 Å². The zero-order valence-corrected chi connectivity index (χ0v) is 18.4. The summed E-state index contributed by atoms with van der Waals surface area (Å²) in [6.45, 7) is 3.66. The minimum atomic E-state index is -4.35. The number of alkyl halides is 3. The normalized spacial score (nSPS) is 31.8. The van der Waals surface area contributed by atoms with Gasteiger partial charge in [0.2, 0.25) is 0 Å². The lowest BCUT2D eigenvalue weighted by atomic mass is 9.56. The molecule has 2 saturated heterocycles. The fourth-order valence-corrected chi connectivity index (χ4v) is 7.04. The summed E-state index contributed by atoms with van der Waals surface area (Å²) in [5.74, 6) is -0.667. The summed E-state index contributed by atoms with van der Waals surface area (Å²) in [7, 11) is 0.